The molecule has 0 bridgehead atoms. The van der Waals surface area contributed by atoms with Crippen molar-refractivity contribution in [3.05, 3.63) is 34.8 Å². The highest BCUT2D eigenvalue weighted by Gasteiger charge is 2.23. The van der Waals surface area contributed by atoms with E-state index >= 15 is 0 Å². The van der Waals surface area contributed by atoms with Gasteiger partial charge in [-0.05, 0) is 12.1 Å². The van der Waals surface area contributed by atoms with E-state index in [1.165, 1.54) is 18.4 Å². The molecule has 1 N–H and O–H groups in total. The zero-order valence-corrected chi connectivity index (χ0v) is 10.4. The molecule has 0 aliphatic rings. The van der Waals surface area contributed by atoms with E-state index in [4.69, 9.17) is 20.9 Å². The van der Waals surface area contributed by atoms with Gasteiger partial charge in [-0.2, -0.15) is 0 Å². The van der Waals surface area contributed by atoms with Crippen molar-refractivity contribution < 1.29 is 27.6 Å². The molecule has 1 atom stereocenters. The van der Waals surface area contributed by atoms with Gasteiger partial charge in [0.15, 0.2) is 23.8 Å². The van der Waals surface area contributed by atoms with Crippen molar-refractivity contribution >= 4 is 36.6 Å². The number of carbonyl (C=O) groups is 1. The lowest BCUT2D eigenvalue weighted by Gasteiger charge is -2.02. The summed E-state index contributed by atoms with van der Waals surface area (Å²) in [5, 5.41) is 0.146. The van der Waals surface area contributed by atoms with Crippen LogP contribution in [0.15, 0.2) is 22.8 Å². The summed E-state index contributed by atoms with van der Waals surface area (Å²) >= 11 is 5.71. The molecule has 18 heavy (non-hydrogen) atoms. The van der Waals surface area contributed by atoms with Crippen LogP contribution >= 0.6 is 19.9 Å². The maximum absolute atomic E-state index is 13.8. The molecule has 2 aromatic rings. The quantitative estimate of drug-likeness (QED) is 0.692. The topological polar surface area (TPSA) is 76.7 Å². The van der Waals surface area contributed by atoms with Crippen molar-refractivity contribution in [2.24, 2.45) is 0 Å². The van der Waals surface area contributed by atoms with Crippen molar-refractivity contribution in [3.8, 4) is 0 Å². The lowest BCUT2D eigenvalue weighted by molar-refractivity contribution is 0.0913. The molecule has 0 saturated carbocycles. The van der Waals surface area contributed by atoms with Crippen LogP contribution in [0.3, 0.4) is 0 Å². The van der Waals surface area contributed by atoms with Crippen molar-refractivity contribution in [1.82, 2.24) is 0 Å². The van der Waals surface area contributed by atoms with Crippen LogP contribution in [0.25, 0.3) is 11.0 Å². The van der Waals surface area contributed by atoms with E-state index in [9.17, 15) is 13.8 Å². The van der Waals surface area contributed by atoms with Crippen LogP contribution in [-0.4, -0.2) is 17.3 Å². The number of Topliss-reactive ketones (excluding diaryl/α,β-unsaturated/α-hetero) is 1. The van der Waals surface area contributed by atoms with E-state index in [1.54, 1.807) is 0 Å². The fourth-order valence-electron chi connectivity index (χ4n) is 1.44. The van der Waals surface area contributed by atoms with Gasteiger partial charge in [0.2, 0.25) is 0 Å². The minimum atomic E-state index is -2.91. The Balaban J connectivity index is 2.41. The molecule has 1 aromatic heterocycles. The number of rotatable bonds is 4. The van der Waals surface area contributed by atoms with Gasteiger partial charge < -0.3 is 4.42 Å². The molecule has 5 nitrogen and oxygen atoms in total. The first-order chi connectivity index (χ1) is 8.50. The lowest BCUT2D eigenvalue weighted by atomic mass is 10.1. The van der Waals surface area contributed by atoms with Gasteiger partial charge in [0.1, 0.15) is 5.02 Å². The summed E-state index contributed by atoms with van der Waals surface area (Å²) in [6, 6.07) is 2.76. The van der Waals surface area contributed by atoms with Gasteiger partial charge in [-0.1, -0.05) is 11.6 Å². The number of ketones is 1. The van der Waals surface area contributed by atoms with Crippen molar-refractivity contribution in [2.45, 2.75) is 0 Å². The molecule has 0 aliphatic heterocycles. The predicted octanol–water partition coefficient (Wildman–Crippen LogP) is 3.07. The van der Waals surface area contributed by atoms with E-state index in [2.05, 4.69) is 4.52 Å². The smallest absolute Gasteiger partial charge is 0.463 e. The monoisotopic (exact) mass is 291 g/mol. The Bertz CT molecular complexity index is 638. The first kappa shape index (κ1) is 13.1. The molecule has 0 saturated heterocycles. The molecule has 0 amide bonds. The van der Waals surface area contributed by atoms with Gasteiger partial charge in [0, 0.05) is 9.95 Å². The Kier molecular flexibility index (Phi) is 3.73. The normalized spacial score (nSPS) is 11.8. The zero-order chi connectivity index (χ0) is 13.3. The van der Waals surface area contributed by atoms with E-state index in [0.29, 0.717) is 5.39 Å². The Morgan fingerprint density at radius 2 is 2.33 bits per heavy atom. The van der Waals surface area contributed by atoms with Crippen LogP contribution in [0, 0.1) is 5.82 Å². The van der Waals surface area contributed by atoms with Gasteiger partial charge in [0.25, 0.3) is 0 Å². The maximum Gasteiger partial charge on any atom is 0.695 e. The van der Waals surface area contributed by atoms with Crippen LogP contribution < -0.4 is 0 Å². The van der Waals surface area contributed by atoms with Gasteiger partial charge >= 0.3 is 8.25 Å². The maximum atomic E-state index is 13.8. The molecular weight excluding hydrogens is 286 g/mol. The third-order valence-electron chi connectivity index (χ3n) is 2.23. The highest BCUT2D eigenvalue weighted by atomic mass is 35.5. The summed E-state index contributed by atoms with van der Waals surface area (Å²) in [7, 11) is -2.91. The standard InChI is InChI=1S/C10H5ClFO5P/c11-8-9(12)6(7(13)4-17-18(14)15)3-5-1-2-16-10(5)8/h1-3H,4H2/p+1. The van der Waals surface area contributed by atoms with Crippen LogP contribution in [0.4, 0.5) is 4.39 Å². The SMILES string of the molecule is O=C(CO[P+](=O)O)c1cc2ccoc2c(Cl)c1F. The van der Waals surface area contributed by atoms with Crippen LogP contribution in [0.1, 0.15) is 10.4 Å². The third-order valence-corrected chi connectivity index (χ3v) is 2.92. The third kappa shape index (κ3) is 2.42. The molecule has 1 aromatic carbocycles. The van der Waals surface area contributed by atoms with Crippen molar-refractivity contribution in [3.63, 3.8) is 0 Å². The van der Waals surface area contributed by atoms with Crippen molar-refractivity contribution in [1.29, 1.82) is 0 Å². The molecule has 0 radical (unpaired) electrons. The van der Waals surface area contributed by atoms with Crippen molar-refractivity contribution in [2.75, 3.05) is 6.61 Å². The minimum absolute atomic E-state index is 0.139. The Morgan fingerprint density at radius 1 is 1.61 bits per heavy atom. The highest BCUT2D eigenvalue weighted by molar-refractivity contribution is 7.32. The molecule has 0 aliphatic carbocycles. The van der Waals surface area contributed by atoms with Crippen LogP contribution in [0.2, 0.25) is 5.02 Å². The molecule has 8 heteroatoms. The molecule has 0 fully saturated rings. The van der Waals surface area contributed by atoms with Gasteiger partial charge in [0.05, 0.1) is 11.8 Å². The summed E-state index contributed by atoms with van der Waals surface area (Å²) in [5.74, 6) is -1.73. The van der Waals surface area contributed by atoms with Gasteiger partial charge in [-0.3, -0.25) is 4.79 Å². The molecule has 94 valence electrons. The van der Waals surface area contributed by atoms with Gasteiger partial charge in [-0.15, -0.1) is 9.42 Å². The fourth-order valence-corrected chi connectivity index (χ4v) is 1.93. The minimum Gasteiger partial charge on any atom is -0.463 e. The average Bonchev–Trinajstić information content (AvgIpc) is 2.79. The van der Waals surface area contributed by atoms with E-state index in [1.807, 2.05) is 0 Å². The zero-order valence-electron chi connectivity index (χ0n) is 8.72. The highest BCUT2D eigenvalue weighted by Crippen LogP contribution is 2.30. The van der Waals surface area contributed by atoms with Crippen LogP contribution in [0.5, 0.6) is 0 Å². The summed E-state index contributed by atoms with van der Waals surface area (Å²) < 4.78 is 33.3. The number of benzene rings is 1. The second kappa shape index (κ2) is 5.12. The Hall–Kier alpha value is -1.33. The summed E-state index contributed by atoms with van der Waals surface area (Å²) in [4.78, 5) is 20.0. The molecular formula is C10H6ClFO5P+. The van der Waals surface area contributed by atoms with E-state index in [0.717, 1.165) is 0 Å². The molecule has 1 heterocycles. The van der Waals surface area contributed by atoms with Crippen LogP contribution in [-0.2, 0) is 9.09 Å². The lowest BCUT2D eigenvalue weighted by Crippen LogP contribution is -2.09. The van der Waals surface area contributed by atoms with E-state index < -0.39 is 26.5 Å². The second-order valence-electron chi connectivity index (χ2n) is 3.33. The van der Waals surface area contributed by atoms with E-state index in [-0.39, 0.29) is 16.2 Å². The summed E-state index contributed by atoms with van der Waals surface area (Å²) in [6.07, 6.45) is 1.31. The number of halogens is 2. The first-order valence-corrected chi connectivity index (χ1v) is 6.19. The number of fused-ring (bicyclic) bond motifs is 1. The fraction of sp³-hybridized carbons (Fsp3) is 0.100. The Labute approximate surface area is 106 Å². The average molecular weight is 292 g/mol. The predicted molar refractivity (Wildman–Crippen MR) is 61.3 cm³/mol. The summed E-state index contributed by atoms with van der Waals surface area (Å²) in [5.41, 5.74) is -0.175. The number of hydrogen-bond donors (Lipinski definition) is 1. The summed E-state index contributed by atoms with van der Waals surface area (Å²) in [6.45, 7) is -0.706. The number of furan rings is 1. The molecule has 2 rings (SSSR count). The number of carbonyl (C=O) groups excluding carboxylic acids is 1. The second-order valence-corrected chi connectivity index (χ2v) is 4.44. The van der Waals surface area contributed by atoms with Gasteiger partial charge in [-0.25, -0.2) is 4.39 Å². The largest absolute Gasteiger partial charge is 0.695 e. The number of hydrogen-bond acceptors (Lipinski definition) is 4. The Morgan fingerprint density at radius 3 is 3.00 bits per heavy atom. The molecule has 1 unspecified atom stereocenters. The molecule has 0 spiro atoms. The first-order valence-electron chi connectivity index (χ1n) is 4.68.